The predicted octanol–water partition coefficient (Wildman–Crippen LogP) is 4.11. The van der Waals surface area contributed by atoms with Crippen molar-refractivity contribution in [3.63, 3.8) is 0 Å². The Labute approximate surface area is 239 Å². The molecule has 0 fully saturated rings. The lowest BCUT2D eigenvalue weighted by Gasteiger charge is -2.29. The molecule has 0 radical (unpaired) electrons. The molecule has 2 atom stereocenters. The lowest BCUT2D eigenvalue weighted by Crippen LogP contribution is -2.53. The number of nitrogens with one attached hydrogen (secondary N) is 2. The molecule has 0 aliphatic rings. The minimum absolute atomic E-state index is 0.0774. The fourth-order valence-electron chi connectivity index (χ4n) is 4.04. The number of amides is 2. The molecule has 0 spiro atoms. The molecule has 42 heavy (non-hydrogen) atoms. The third kappa shape index (κ3) is 8.19. The van der Waals surface area contributed by atoms with Crippen LogP contribution in [-0.4, -0.2) is 53.1 Å². The van der Waals surface area contributed by atoms with Gasteiger partial charge in [0.05, 0.1) is 24.4 Å². The van der Waals surface area contributed by atoms with Crippen molar-refractivity contribution in [2.75, 3.05) is 12.4 Å². The number of halogens is 3. The number of nitrogens with zero attached hydrogens (tertiary/aromatic N) is 1. The van der Waals surface area contributed by atoms with Crippen LogP contribution in [-0.2, 0) is 27.4 Å². The number of aromatic nitrogens is 1. The summed E-state index contributed by atoms with van der Waals surface area (Å²) in [4.78, 5) is 50.6. The van der Waals surface area contributed by atoms with Crippen molar-refractivity contribution in [2.24, 2.45) is 5.92 Å². The summed E-state index contributed by atoms with van der Waals surface area (Å²) in [6, 6.07) is 15.6. The van der Waals surface area contributed by atoms with Crippen LogP contribution < -0.4 is 16.2 Å². The highest BCUT2D eigenvalue weighted by molar-refractivity contribution is 5.90. The molecule has 2 aromatic carbocycles. The number of hydrogen-bond donors (Lipinski definition) is 3. The molecule has 3 N–H and O–H groups in total. The zero-order valence-electron chi connectivity index (χ0n) is 23.0. The lowest BCUT2D eigenvalue weighted by atomic mass is 9.98. The Morgan fingerprint density at radius 1 is 0.976 bits per heavy atom. The van der Waals surface area contributed by atoms with Gasteiger partial charge in [-0.05, 0) is 41.3 Å². The number of rotatable bonds is 10. The molecular formula is C29H30F3N3O7. The molecule has 0 aliphatic heterocycles. The maximum absolute atomic E-state index is 13.5. The Balaban J connectivity index is 1.93. The number of hydrogen-bond acceptors (Lipinski definition) is 7. The van der Waals surface area contributed by atoms with Gasteiger partial charge in [-0.3, -0.25) is 19.5 Å². The van der Waals surface area contributed by atoms with Crippen molar-refractivity contribution in [2.45, 2.75) is 45.3 Å². The molecule has 13 heteroatoms. The smallest absolute Gasteiger partial charge is 0.416 e. The van der Waals surface area contributed by atoms with Crippen molar-refractivity contribution in [1.82, 2.24) is 9.88 Å². The Kier molecular flexibility index (Phi) is 10.5. The first-order valence-electron chi connectivity index (χ1n) is 12.8. The van der Waals surface area contributed by atoms with Crippen LogP contribution in [0, 0.1) is 5.92 Å². The van der Waals surface area contributed by atoms with Crippen LogP contribution in [0.2, 0.25) is 0 Å². The number of esters is 1. The molecule has 1 heterocycles. The summed E-state index contributed by atoms with van der Waals surface area (Å²) in [6.45, 7) is 1.96. The number of aliphatic hydroxyl groups excluding tert-OH is 1. The van der Waals surface area contributed by atoms with Gasteiger partial charge in [0.1, 0.15) is 18.8 Å². The second-order valence-electron chi connectivity index (χ2n) is 9.60. The molecule has 1 aromatic heterocycles. The van der Waals surface area contributed by atoms with E-state index in [2.05, 4.69) is 15.4 Å². The van der Waals surface area contributed by atoms with Crippen LogP contribution in [0.25, 0.3) is 11.3 Å². The minimum Gasteiger partial charge on any atom is -0.465 e. The van der Waals surface area contributed by atoms with E-state index in [4.69, 9.17) is 4.74 Å². The second-order valence-corrected chi connectivity index (χ2v) is 9.60. The maximum Gasteiger partial charge on any atom is 0.416 e. The van der Waals surface area contributed by atoms with Gasteiger partial charge in [0.15, 0.2) is 6.10 Å². The maximum atomic E-state index is 13.5. The summed E-state index contributed by atoms with van der Waals surface area (Å²) in [6.07, 6.45) is -8.78. The molecule has 10 nitrogen and oxygen atoms in total. The summed E-state index contributed by atoms with van der Waals surface area (Å²) < 4.78 is 50.4. The fraction of sp³-hybridized carbons (Fsp3) is 0.310. The molecule has 224 valence electrons. The molecule has 0 bridgehead atoms. The van der Waals surface area contributed by atoms with Crippen LogP contribution >= 0.6 is 0 Å². The average Bonchev–Trinajstić information content (AvgIpc) is 2.96. The molecule has 3 rings (SSSR count). The van der Waals surface area contributed by atoms with Crippen LogP contribution in [0.15, 0.2) is 71.5 Å². The van der Waals surface area contributed by atoms with Crippen LogP contribution in [0.1, 0.15) is 29.8 Å². The van der Waals surface area contributed by atoms with E-state index in [1.807, 2.05) is 0 Å². The van der Waals surface area contributed by atoms with Crippen molar-refractivity contribution in [1.29, 1.82) is 0 Å². The number of carbonyl (C=O) groups is 3. The largest absolute Gasteiger partial charge is 0.465 e. The topological polar surface area (TPSA) is 136 Å². The average molecular weight is 590 g/mol. The summed E-state index contributed by atoms with van der Waals surface area (Å²) in [7, 11) is 1.21. The number of ether oxygens (including phenoxy) is 2. The molecule has 0 saturated heterocycles. The monoisotopic (exact) mass is 589 g/mol. The van der Waals surface area contributed by atoms with Gasteiger partial charge in [0.25, 0.3) is 5.56 Å². The highest BCUT2D eigenvalue weighted by atomic mass is 19.4. The Bertz CT molecular complexity index is 1460. The molecule has 0 aliphatic carbocycles. The summed E-state index contributed by atoms with van der Waals surface area (Å²) in [5, 5.41) is 14.3. The number of pyridine rings is 1. The third-order valence-electron chi connectivity index (χ3n) is 6.25. The first kappa shape index (κ1) is 31.9. The highest BCUT2D eigenvalue weighted by Crippen LogP contribution is 2.26. The van der Waals surface area contributed by atoms with E-state index < -0.39 is 54.3 Å². The standard InChI is InChI=1S/C29H30F3N3O7/c1-17(2)24(25(37)29(30,31)32)34-23(36)15-35-22(19-9-11-20(12-10-19)27(39)41-3)14-13-21(26(35)38)33-28(40)42-16-18-7-5-4-6-8-18/h4-14,17,24-25,37H,15-16H2,1-3H3,(H,33,40)(H,34,36). The number of anilines is 1. The lowest BCUT2D eigenvalue weighted by molar-refractivity contribution is -0.215. The van der Waals surface area contributed by atoms with E-state index in [0.717, 1.165) is 4.57 Å². The van der Waals surface area contributed by atoms with Gasteiger partial charge in [0.2, 0.25) is 5.91 Å². The van der Waals surface area contributed by atoms with Gasteiger partial charge in [-0.25, -0.2) is 9.59 Å². The number of aliphatic hydroxyl groups is 1. The van der Waals surface area contributed by atoms with Crippen molar-refractivity contribution >= 4 is 23.7 Å². The SMILES string of the molecule is COC(=O)c1ccc(-c2ccc(NC(=O)OCc3ccccc3)c(=O)n2CC(=O)NC(C(C)C)C(O)C(F)(F)F)cc1. The molecule has 0 saturated carbocycles. The zero-order valence-corrected chi connectivity index (χ0v) is 23.0. The number of carbonyl (C=O) groups excluding carboxylic acids is 3. The van der Waals surface area contributed by atoms with E-state index in [0.29, 0.717) is 11.1 Å². The second kappa shape index (κ2) is 13.8. The van der Waals surface area contributed by atoms with Gasteiger partial charge in [-0.1, -0.05) is 56.3 Å². The first-order valence-corrected chi connectivity index (χ1v) is 12.8. The van der Waals surface area contributed by atoms with Crippen molar-refractivity contribution in [3.05, 3.63) is 88.2 Å². The van der Waals surface area contributed by atoms with Crippen LogP contribution in [0.5, 0.6) is 0 Å². The summed E-state index contributed by atoms with van der Waals surface area (Å²) >= 11 is 0. The van der Waals surface area contributed by atoms with Gasteiger partial charge in [-0.15, -0.1) is 0 Å². The van der Waals surface area contributed by atoms with Crippen molar-refractivity contribution < 1.29 is 42.1 Å². The molecule has 3 aromatic rings. The van der Waals surface area contributed by atoms with Crippen LogP contribution in [0.4, 0.5) is 23.7 Å². The van der Waals surface area contributed by atoms with Crippen molar-refractivity contribution in [3.8, 4) is 11.3 Å². The van der Waals surface area contributed by atoms with Crippen LogP contribution in [0.3, 0.4) is 0 Å². The fourth-order valence-corrected chi connectivity index (χ4v) is 4.04. The first-order chi connectivity index (χ1) is 19.8. The van der Waals surface area contributed by atoms with E-state index in [1.165, 1.54) is 57.4 Å². The van der Waals surface area contributed by atoms with E-state index in [-0.39, 0.29) is 23.6 Å². The Morgan fingerprint density at radius 2 is 1.62 bits per heavy atom. The van der Waals surface area contributed by atoms with Gasteiger partial charge >= 0.3 is 18.2 Å². The minimum atomic E-state index is -4.99. The summed E-state index contributed by atoms with van der Waals surface area (Å²) in [5.74, 6) is -2.40. The number of alkyl halides is 3. The predicted molar refractivity (Wildman–Crippen MR) is 147 cm³/mol. The van der Waals surface area contributed by atoms with Gasteiger partial charge < -0.3 is 19.9 Å². The molecular weight excluding hydrogens is 559 g/mol. The Hall–Kier alpha value is -4.65. The number of benzene rings is 2. The number of methoxy groups -OCH3 is 1. The van der Waals surface area contributed by atoms with E-state index in [1.54, 1.807) is 30.3 Å². The Morgan fingerprint density at radius 3 is 2.19 bits per heavy atom. The quantitative estimate of drug-likeness (QED) is 0.303. The van der Waals surface area contributed by atoms with Gasteiger partial charge in [0, 0.05) is 0 Å². The molecule has 2 amide bonds. The summed E-state index contributed by atoms with van der Waals surface area (Å²) in [5.41, 5.74) is 0.343. The van der Waals surface area contributed by atoms with Gasteiger partial charge in [-0.2, -0.15) is 13.2 Å². The highest BCUT2D eigenvalue weighted by Gasteiger charge is 2.45. The molecule has 2 unspecified atom stereocenters. The normalized spacial score (nSPS) is 12.8. The zero-order chi connectivity index (χ0) is 31.0. The van der Waals surface area contributed by atoms with E-state index in [9.17, 15) is 37.5 Å². The third-order valence-corrected chi connectivity index (χ3v) is 6.25. The van der Waals surface area contributed by atoms with E-state index >= 15 is 0 Å².